The molecular formula is C21H23ClN2O2. The van der Waals surface area contributed by atoms with E-state index in [2.05, 4.69) is 20.8 Å². The van der Waals surface area contributed by atoms with E-state index < -0.39 is 11.6 Å². The van der Waals surface area contributed by atoms with Crippen molar-refractivity contribution in [2.24, 2.45) is 4.99 Å². The standard InChI is InChI=1S/C21H23ClN2O2/c1-14(25)21(15-8-6-5-7-9-15)19(24(13-23-21)20(2,3)4)17-11-10-16(22)12-18(17)26/h5-13,19,26H,1-4H3/t19-,21+/m0/s1. The van der Waals surface area contributed by atoms with Crippen molar-refractivity contribution in [3.63, 3.8) is 0 Å². The summed E-state index contributed by atoms with van der Waals surface area (Å²) in [6.07, 6.45) is 1.73. The Morgan fingerprint density at radius 1 is 1.19 bits per heavy atom. The SMILES string of the molecule is CC(=O)[C@]1(c2ccccc2)N=CN(C(C)(C)C)[C@H]1c1ccc(Cl)cc1O. The highest BCUT2D eigenvalue weighted by atomic mass is 35.5. The minimum Gasteiger partial charge on any atom is -0.508 e. The Kier molecular flexibility index (Phi) is 4.57. The molecule has 0 spiro atoms. The molecule has 2 aromatic rings. The molecule has 136 valence electrons. The van der Waals surface area contributed by atoms with Crippen LogP contribution in [-0.2, 0) is 10.3 Å². The molecule has 4 nitrogen and oxygen atoms in total. The number of benzene rings is 2. The first-order valence-electron chi connectivity index (χ1n) is 8.56. The van der Waals surface area contributed by atoms with E-state index in [4.69, 9.17) is 16.6 Å². The first-order valence-corrected chi connectivity index (χ1v) is 8.94. The molecule has 5 heteroatoms. The van der Waals surface area contributed by atoms with Crippen LogP contribution in [0, 0.1) is 0 Å². The van der Waals surface area contributed by atoms with Crippen LogP contribution in [0.1, 0.15) is 44.9 Å². The molecule has 1 heterocycles. The number of carbonyl (C=O) groups excluding carboxylic acids is 1. The third-order valence-corrected chi connectivity index (χ3v) is 5.11. The fourth-order valence-corrected chi connectivity index (χ4v) is 3.75. The number of carbonyl (C=O) groups is 1. The zero-order chi connectivity index (χ0) is 19.1. The summed E-state index contributed by atoms with van der Waals surface area (Å²) in [6, 6.07) is 14.1. The maximum absolute atomic E-state index is 13.0. The normalized spacial score (nSPS) is 22.7. The Balaban J connectivity index is 2.29. The molecule has 2 aromatic carbocycles. The highest BCUT2D eigenvalue weighted by molar-refractivity contribution is 6.30. The van der Waals surface area contributed by atoms with Crippen molar-refractivity contribution in [1.82, 2.24) is 4.90 Å². The summed E-state index contributed by atoms with van der Waals surface area (Å²) < 4.78 is 0. The topological polar surface area (TPSA) is 52.9 Å². The van der Waals surface area contributed by atoms with E-state index in [-0.39, 0.29) is 17.1 Å². The van der Waals surface area contributed by atoms with Crippen molar-refractivity contribution < 1.29 is 9.90 Å². The Morgan fingerprint density at radius 2 is 1.85 bits per heavy atom. The second-order valence-corrected chi connectivity index (χ2v) is 8.05. The number of phenols is 1. The molecule has 0 saturated heterocycles. The van der Waals surface area contributed by atoms with E-state index in [1.165, 1.54) is 6.07 Å². The Morgan fingerprint density at radius 3 is 2.38 bits per heavy atom. The lowest BCUT2D eigenvalue weighted by atomic mass is 9.76. The van der Waals surface area contributed by atoms with Gasteiger partial charge in [-0.2, -0.15) is 0 Å². The largest absolute Gasteiger partial charge is 0.508 e. The van der Waals surface area contributed by atoms with Crippen LogP contribution in [0.5, 0.6) is 5.75 Å². The van der Waals surface area contributed by atoms with Crippen LogP contribution in [0.4, 0.5) is 0 Å². The average Bonchev–Trinajstić information content (AvgIpc) is 2.97. The number of hydrogen-bond acceptors (Lipinski definition) is 4. The molecule has 0 bridgehead atoms. The van der Waals surface area contributed by atoms with Crippen molar-refractivity contribution in [3.8, 4) is 5.75 Å². The molecule has 0 aromatic heterocycles. The second kappa shape index (κ2) is 6.44. The van der Waals surface area contributed by atoms with Gasteiger partial charge in [0.2, 0.25) is 0 Å². The number of ketones is 1. The van der Waals surface area contributed by atoms with Crippen LogP contribution in [0.25, 0.3) is 0 Å². The lowest BCUT2D eigenvalue weighted by Gasteiger charge is -2.42. The van der Waals surface area contributed by atoms with Crippen molar-refractivity contribution in [2.45, 2.75) is 44.8 Å². The van der Waals surface area contributed by atoms with Crippen LogP contribution in [-0.4, -0.2) is 27.7 Å². The molecule has 3 rings (SSSR count). The highest BCUT2D eigenvalue weighted by Crippen LogP contribution is 2.51. The maximum Gasteiger partial charge on any atom is 0.169 e. The highest BCUT2D eigenvalue weighted by Gasteiger charge is 2.54. The molecule has 0 fully saturated rings. The number of nitrogens with zero attached hydrogens (tertiary/aromatic N) is 2. The minimum atomic E-state index is -1.13. The van der Waals surface area contributed by atoms with Gasteiger partial charge < -0.3 is 10.0 Å². The minimum absolute atomic E-state index is 0.0591. The smallest absolute Gasteiger partial charge is 0.169 e. The third-order valence-electron chi connectivity index (χ3n) is 4.87. The van der Waals surface area contributed by atoms with E-state index >= 15 is 0 Å². The van der Waals surface area contributed by atoms with Crippen LogP contribution in [0.2, 0.25) is 5.02 Å². The van der Waals surface area contributed by atoms with Crippen LogP contribution in [0.3, 0.4) is 0 Å². The van der Waals surface area contributed by atoms with Crippen molar-refractivity contribution in [3.05, 3.63) is 64.7 Å². The predicted molar refractivity (Wildman–Crippen MR) is 105 cm³/mol. The zero-order valence-corrected chi connectivity index (χ0v) is 16.2. The van der Waals surface area contributed by atoms with E-state index in [1.807, 2.05) is 35.2 Å². The van der Waals surface area contributed by atoms with Gasteiger partial charge in [-0.05, 0) is 45.4 Å². The Bertz CT molecular complexity index is 858. The van der Waals surface area contributed by atoms with E-state index in [9.17, 15) is 9.90 Å². The maximum atomic E-state index is 13.0. The summed E-state index contributed by atoms with van der Waals surface area (Å²) >= 11 is 6.03. The molecule has 0 radical (unpaired) electrons. The molecule has 1 N–H and O–H groups in total. The van der Waals surface area contributed by atoms with Gasteiger partial charge in [0.25, 0.3) is 0 Å². The number of phenolic OH excluding ortho intramolecular Hbond substituents is 1. The summed E-state index contributed by atoms with van der Waals surface area (Å²) in [7, 11) is 0. The molecule has 0 saturated carbocycles. The van der Waals surface area contributed by atoms with Crippen LogP contribution >= 0.6 is 11.6 Å². The van der Waals surface area contributed by atoms with Crippen molar-refractivity contribution in [1.29, 1.82) is 0 Å². The number of hydrogen-bond donors (Lipinski definition) is 1. The monoisotopic (exact) mass is 370 g/mol. The first kappa shape index (κ1) is 18.5. The van der Waals surface area contributed by atoms with Crippen molar-refractivity contribution >= 4 is 23.7 Å². The van der Waals surface area contributed by atoms with Gasteiger partial charge in [0.05, 0.1) is 12.4 Å². The fourth-order valence-electron chi connectivity index (χ4n) is 3.59. The summed E-state index contributed by atoms with van der Waals surface area (Å²) in [5, 5.41) is 11.1. The zero-order valence-electron chi connectivity index (χ0n) is 15.4. The van der Waals surface area contributed by atoms with Crippen LogP contribution in [0.15, 0.2) is 53.5 Å². The lowest BCUT2D eigenvalue weighted by Crippen LogP contribution is -2.48. The van der Waals surface area contributed by atoms with Gasteiger partial charge in [0, 0.05) is 16.1 Å². The summed E-state index contributed by atoms with van der Waals surface area (Å²) in [6.45, 7) is 7.72. The Hall–Kier alpha value is -2.33. The Labute approximate surface area is 159 Å². The molecule has 0 unspecified atom stereocenters. The number of halogens is 1. The first-order chi connectivity index (χ1) is 12.2. The summed E-state index contributed by atoms with van der Waals surface area (Å²) in [5.41, 5.74) is 0.00207. The summed E-state index contributed by atoms with van der Waals surface area (Å²) in [4.78, 5) is 19.7. The second-order valence-electron chi connectivity index (χ2n) is 7.62. The number of aromatic hydroxyl groups is 1. The van der Waals surface area contributed by atoms with Gasteiger partial charge in [-0.1, -0.05) is 48.0 Å². The van der Waals surface area contributed by atoms with Gasteiger partial charge >= 0.3 is 0 Å². The van der Waals surface area contributed by atoms with Gasteiger partial charge in [-0.25, -0.2) is 0 Å². The molecule has 1 aliphatic heterocycles. The molecular weight excluding hydrogens is 348 g/mol. The molecule has 0 amide bonds. The average molecular weight is 371 g/mol. The van der Waals surface area contributed by atoms with Crippen molar-refractivity contribution in [2.75, 3.05) is 0 Å². The quantitative estimate of drug-likeness (QED) is 0.850. The lowest BCUT2D eigenvalue weighted by molar-refractivity contribution is -0.124. The van der Waals surface area contributed by atoms with Gasteiger partial charge in [0.15, 0.2) is 11.3 Å². The molecule has 1 aliphatic rings. The third kappa shape index (κ3) is 2.88. The van der Waals surface area contributed by atoms with Gasteiger partial charge in [0.1, 0.15) is 5.75 Å². The van der Waals surface area contributed by atoms with E-state index in [1.54, 1.807) is 25.4 Å². The fraction of sp³-hybridized carbons (Fsp3) is 0.333. The summed E-state index contributed by atoms with van der Waals surface area (Å²) in [5.74, 6) is -0.0187. The van der Waals surface area contributed by atoms with E-state index in [0.29, 0.717) is 10.6 Å². The van der Waals surface area contributed by atoms with E-state index in [0.717, 1.165) is 5.56 Å². The van der Waals surface area contributed by atoms with Crippen LogP contribution < -0.4 is 0 Å². The number of rotatable bonds is 3. The molecule has 2 atom stereocenters. The number of aliphatic imine (C=N–C) groups is 1. The predicted octanol–water partition coefficient (Wildman–Crippen LogP) is 4.71. The van der Waals surface area contributed by atoms with Gasteiger partial charge in [-0.3, -0.25) is 9.79 Å². The van der Waals surface area contributed by atoms with Gasteiger partial charge in [-0.15, -0.1) is 0 Å². The number of Topliss-reactive ketones (excluding diaryl/α,β-unsaturated/α-hetero) is 1. The molecule has 26 heavy (non-hydrogen) atoms. The molecule has 0 aliphatic carbocycles.